The maximum atomic E-state index is 3.97. The first-order chi connectivity index (χ1) is 28.5. The van der Waals surface area contributed by atoms with E-state index in [1.54, 1.807) is 0 Å². The SMILES string of the molecule is CC1(C)c2ccccc2-c2ccc(-c3ccc(-c4ccc5c6ccccc6n(C6NC(c7ccccc7)NC(c7ccc(-c8ccccc8)cc7)N6)c5c4)cc3)cc21. The summed E-state index contributed by atoms with van der Waals surface area (Å²) in [5.41, 5.74) is 17.5. The van der Waals surface area contributed by atoms with E-state index in [9.17, 15) is 0 Å². The summed E-state index contributed by atoms with van der Waals surface area (Å²) in [6, 6.07) is 70.9. The first-order valence-electron chi connectivity index (χ1n) is 20.4. The highest BCUT2D eigenvalue weighted by Crippen LogP contribution is 2.49. The van der Waals surface area contributed by atoms with E-state index in [0.29, 0.717) is 0 Å². The van der Waals surface area contributed by atoms with Crippen LogP contribution >= 0.6 is 0 Å². The van der Waals surface area contributed by atoms with E-state index < -0.39 is 0 Å². The lowest BCUT2D eigenvalue weighted by Crippen LogP contribution is -2.56. The molecule has 0 radical (unpaired) electrons. The smallest absolute Gasteiger partial charge is 0.142 e. The summed E-state index contributed by atoms with van der Waals surface area (Å²) in [6.07, 6.45) is -0.398. The summed E-state index contributed by atoms with van der Waals surface area (Å²) in [5.74, 6) is 0. The van der Waals surface area contributed by atoms with Crippen LogP contribution in [0.4, 0.5) is 0 Å². The maximum absolute atomic E-state index is 3.97. The first kappa shape index (κ1) is 34.7. The lowest BCUT2D eigenvalue weighted by Gasteiger charge is -2.40. The number of para-hydroxylation sites is 1. The minimum absolute atomic E-state index is 0.0258. The molecule has 3 N–H and O–H groups in total. The van der Waals surface area contributed by atoms with Gasteiger partial charge in [-0.15, -0.1) is 0 Å². The van der Waals surface area contributed by atoms with E-state index in [4.69, 9.17) is 0 Å². The number of nitrogens with zero attached hydrogens (tertiary/aromatic N) is 1. The molecule has 1 aliphatic carbocycles. The van der Waals surface area contributed by atoms with Crippen molar-refractivity contribution in [2.45, 2.75) is 37.9 Å². The van der Waals surface area contributed by atoms with Crippen molar-refractivity contribution in [2.24, 2.45) is 0 Å². The van der Waals surface area contributed by atoms with Crippen LogP contribution in [0.25, 0.3) is 66.3 Å². The van der Waals surface area contributed by atoms with Crippen molar-refractivity contribution in [3.63, 3.8) is 0 Å². The molecule has 58 heavy (non-hydrogen) atoms. The number of hydrogen-bond donors (Lipinski definition) is 3. The third-order valence-corrected chi connectivity index (χ3v) is 12.6. The quantitative estimate of drug-likeness (QED) is 0.159. The van der Waals surface area contributed by atoms with Gasteiger partial charge in [0.05, 0.1) is 23.4 Å². The third kappa shape index (κ3) is 5.80. The molecule has 1 aliphatic heterocycles. The molecular formula is C54H44N4. The van der Waals surface area contributed by atoms with Gasteiger partial charge in [0.1, 0.15) is 6.29 Å². The van der Waals surface area contributed by atoms with Gasteiger partial charge in [-0.05, 0) is 85.0 Å². The highest BCUT2D eigenvalue weighted by molar-refractivity contribution is 6.09. The van der Waals surface area contributed by atoms with Crippen LogP contribution in [0.3, 0.4) is 0 Å². The molecular weight excluding hydrogens is 705 g/mol. The molecule has 280 valence electrons. The fourth-order valence-corrected chi connectivity index (χ4v) is 9.50. The first-order valence-corrected chi connectivity index (χ1v) is 20.4. The lowest BCUT2D eigenvalue weighted by molar-refractivity contribution is 0.161. The van der Waals surface area contributed by atoms with Crippen molar-refractivity contribution in [1.29, 1.82) is 0 Å². The summed E-state index contributed by atoms with van der Waals surface area (Å²) in [5, 5.41) is 14.3. The molecule has 0 bridgehead atoms. The van der Waals surface area contributed by atoms with Crippen LogP contribution in [-0.4, -0.2) is 4.57 Å². The zero-order valence-corrected chi connectivity index (χ0v) is 32.7. The van der Waals surface area contributed by atoms with Crippen molar-refractivity contribution in [1.82, 2.24) is 20.5 Å². The van der Waals surface area contributed by atoms with E-state index >= 15 is 0 Å². The normalized spacial score (nSPS) is 18.3. The third-order valence-electron chi connectivity index (χ3n) is 12.6. The number of fused-ring (bicyclic) bond motifs is 6. The second-order valence-corrected chi connectivity index (χ2v) is 16.3. The van der Waals surface area contributed by atoms with E-state index in [0.717, 1.165) is 0 Å². The topological polar surface area (TPSA) is 41.0 Å². The predicted molar refractivity (Wildman–Crippen MR) is 240 cm³/mol. The summed E-state index contributed by atoms with van der Waals surface area (Å²) in [7, 11) is 0. The summed E-state index contributed by atoms with van der Waals surface area (Å²) in [6.45, 7) is 4.69. The summed E-state index contributed by atoms with van der Waals surface area (Å²) >= 11 is 0. The zero-order chi connectivity index (χ0) is 38.8. The summed E-state index contributed by atoms with van der Waals surface area (Å²) < 4.78 is 2.45. The minimum atomic E-state index is -0.208. The molecule has 2 heterocycles. The molecule has 3 atom stereocenters. The van der Waals surface area contributed by atoms with Gasteiger partial charge < -0.3 is 4.57 Å². The molecule has 0 saturated carbocycles. The largest absolute Gasteiger partial charge is 0.311 e. The number of rotatable bonds is 6. The van der Waals surface area contributed by atoms with Gasteiger partial charge in [-0.1, -0.05) is 190 Å². The molecule has 2 aliphatic rings. The second kappa shape index (κ2) is 13.8. The molecule has 8 aromatic carbocycles. The van der Waals surface area contributed by atoms with Crippen LogP contribution < -0.4 is 16.0 Å². The molecule has 4 nitrogen and oxygen atoms in total. The van der Waals surface area contributed by atoms with Crippen LogP contribution in [-0.2, 0) is 5.41 Å². The molecule has 1 aromatic heterocycles. The molecule has 9 aromatic rings. The van der Waals surface area contributed by atoms with Crippen LogP contribution in [0, 0.1) is 0 Å². The fraction of sp³-hybridized carbons (Fsp3) is 0.111. The van der Waals surface area contributed by atoms with Crippen molar-refractivity contribution in [3.05, 3.63) is 216 Å². The van der Waals surface area contributed by atoms with Gasteiger partial charge in [0.15, 0.2) is 0 Å². The molecule has 1 fully saturated rings. The van der Waals surface area contributed by atoms with Gasteiger partial charge in [-0.2, -0.15) is 0 Å². The Balaban J connectivity index is 0.959. The average Bonchev–Trinajstić information content (AvgIpc) is 3.74. The number of aromatic nitrogens is 1. The van der Waals surface area contributed by atoms with Gasteiger partial charge in [-0.3, -0.25) is 16.0 Å². The number of nitrogens with one attached hydrogen (secondary N) is 3. The van der Waals surface area contributed by atoms with Gasteiger partial charge in [0.25, 0.3) is 0 Å². The van der Waals surface area contributed by atoms with Crippen LogP contribution in [0.15, 0.2) is 194 Å². The molecule has 0 amide bonds. The van der Waals surface area contributed by atoms with Crippen molar-refractivity contribution in [3.8, 4) is 44.5 Å². The summed E-state index contributed by atoms with van der Waals surface area (Å²) in [4.78, 5) is 0. The monoisotopic (exact) mass is 748 g/mol. The van der Waals surface area contributed by atoms with Crippen LogP contribution in [0.5, 0.6) is 0 Å². The van der Waals surface area contributed by atoms with Gasteiger partial charge in [0, 0.05) is 16.2 Å². The highest BCUT2D eigenvalue weighted by Gasteiger charge is 2.35. The van der Waals surface area contributed by atoms with Gasteiger partial charge >= 0.3 is 0 Å². The van der Waals surface area contributed by atoms with Gasteiger partial charge in [0.2, 0.25) is 0 Å². The fourth-order valence-electron chi connectivity index (χ4n) is 9.50. The standard InChI is InChI=1S/C54H44N4/c1-54(2)47-19-11-9-17-43(47)44-31-29-41(33-48(44)54)37-21-23-38(24-22-37)42-30-32-46-45-18-10-12-20-49(45)58(50(46)34-42)53-56-51(39-15-7-4-8-16-39)55-52(57-53)40-27-25-36(26-28-40)35-13-5-3-6-14-35/h3-34,51-53,55-57H,1-2H3. The van der Waals surface area contributed by atoms with E-state index in [-0.39, 0.29) is 24.0 Å². The Morgan fingerprint density at radius 3 is 1.62 bits per heavy atom. The Kier molecular flexibility index (Phi) is 8.26. The van der Waals surface area contributed by atoms with Crippen molar-refractivity contribution >= 4 is 21.8 Å². The molecule has 0 spiro atoms. The molecule has 3 unspecified atom stereocenters. The number of hydrogen-bond acceptors (Lipinski definition) is 3. The Morgan fingerprint density at radius 1 is 0.379 bits per heavy atom. The average molecular weight is 749 g/mol. The molecule has 4 heteroatoms. The van der Waals surface area contributed by atoms with E-state index in [2.05, 4.69) is 228 Å². The molecule has 1 saturated heterocycles. The zero-order valence-electron chi connectivity index (χ0n) is 32.7. The maximum Gasteiger partial charge on any atom is 0.142 e. The van der Waals surface area contributed by atoms with Gasteiger partial charge in [-0.25, -0.2) is 0 Å². The predicted octanol–water partition coefficient (Wildman–Crippen LogP) is 12.7. The van der Waals surface area contributed by atoms with Crippen molar-refractivity contribution in [2.75, 3.05) is 0 Å². The Morgan fingerprint density at radius 2 is 0.879 bits per heavy atom. The van der Waals surface area contributed by atoms with Crippen LogP contribution in [0.1, 0.15) is 54.7 Å². The second-order valence-electron chi connectivity index (χ2n) is 16.3. The Hall–Kier alpha value is -6.56. The van der Waals surface area contributed by atoms with Crippen molar-refractivity contribution < 1.29 is 0 Å². The molecule has 11 rings (SSSR count). The van der Waals surface area contributed by atoms with E-state index in [1.807, 2.05) is 0 Å². The van der Waals surface area contributed by atoms with E-state index in [1.165, 1.54) is 88.6 Å². The lowest BCUT2D eigenvalue weighted by atomic mass is 9.81. The Bertz CT molecular complexity index is 2950. The number of benzene rings is 8. The Labute approximate surface area is 339 Å². The highest BCUT2D eigenvalue weighted by atomic mass is 15.4. The minimum Gasteiger partial charge on any atom is -0.311 e. The van der Waals surface area contributed by atoms with Crippen LogP contribution in [0.2, 0.25) is 0 Å².